The molecule has 0 fully saturated rings. The second-order valence-corrected chi connectivity index (χ2v) is 21.8. The van der Waals surface area contributed by atoms with E-state index in [0.717, 1.165) is 122 Å². The van der Waals surface area contributed by atoms with Crippen LogP contribution in [0.5, 0.6) is 0 Å². The third-order valence-corrected chi connectivity index (χ3v) is 13.2. The van der Waals surface area contributed by atoms with Crippen molar-refractivity contribution in [1.29, 1.82) is 0 Å². The molecule has 0 saturated heterocycles. The zero-order chi connectivity index (χ0) is 52.9. The molecule has 0 rings (SSSR count). The predicted molar refractivity (Wildman–Crippen MR) is 307 cm³/mol. The number of likely N-dealkylation sites (N-methyl/N-ethyl adjacent to an activating group) is 1. The lowest BCUT2D eigenvalue weighted by atomic mass is 10.0. The molecule has 0 aliphatic rings. The van der Waals surface area contributed by atoms with Gasteiger partial charge in [0.1, 0.15) is 19.3 Å². The number of ether oxygens (including phenoxy) is 1. The summed E-state index contributed by atoms with van der Waals surface area (Å²) >= 11 is 0. The van der Waals surface area contributed by atoms with Gasteiger partial charge in [-0.05, 0) is 102 Å². The van der Waals surface area contributed by atoms with Crippen LogP contribution in [0.15, 0.2) is 97.2 Å². The summed E-state index contributed by atoms with van der Waals surface area (Å²) in [6, 6.07) is -0.913. The van der Waals surface area contributed by atoms with Gasteiger partial charge in [-0.25, -0.2) is 0 Å². The minimum Gasteiger partial charge on any atom is -0.756 e. The Morgan fingerprint density at radius 3 is 1.46 bits per heavy atom. The molecule has 414 valence electrons. The van der Waals surface area contributed by atoms with Gasteiger partial charge in [0, 0.05) is 12.8 Å². The van der Waals surface area contributed by atoms with Crippen molar-refractivity contribution in [2.45, 2.75) is 245 Å². The number of carbonyl (C=O) groups excluding carboxylic acids is 2. The summed E-state index contributed by atoms with van der Waals surface area (Å²) in [6.07, 6.45) is 68.0. The first-order chi connectivity index (χ1) is 34.9. The highest BCUT2D eigenvalue weighted by molar-refractivity contribution is 7.45. The Hall–Kier alpha value is -3.07. The Labute approximate surface area is 443 Å². The highest BCUT2D eigenvalue weighted by Crippen LogP contribution is 2.38. The highest BCUT2D eigenvalue weighted by Gasteiger charge is 2.27. The van der Waals surface area contributed by atoms with Gasteiger partial charge in [0.25, 0.3) is 7.82 Å². The molecule has 1 amide bonds. The average molecular weight is 1030 g/mol. The number of phosphoric acid groups is 1. The van der Waals surface area contributed by atoms with Crippen molar-refractivity contribution in [1.82, 2.24) is 5.32 Å². The van der Waals surface area contributed by atoms with Crippen LogP contribution < -0.4 is 10.2 Å². The molecule has 72 heavy (non-hydrogen) atoms. The lowest BCUT2D eigenvalue weighted by Gasteiger charge is -2.30. The molecule has 0 bridgehead atoms. The Bertz CT molecular complexity index is 1560. The van der Waals surface area contributed by atoms with E-state index < -0.39 is 26.6 Å². The van der Waals surface area contributed by atoms with Crippen molar-refractivity contribution in [3.05, 3.63) is 97.2 Å². The number of phosphoric ester groups is 1. The van der Waals surface area contributed by atoms with E-state index in [1.165, 1.54) is 70.6 Å². The molecule has 0 aliphatic carbocycles. The smallest absolute Gasteiger partial charge is 0.306 e. The first kappa shape index (κ1) is 68.9. The molecule has 3 unspecified atom stereocenters. The van der Waals surface area contributed by atoms with Gasteiger partial charge in [-0.1, -0.05) is 215 Å². The van der Waals surface area contributed by atoms with Crippen LogP contribution in [0, 0.1) is 0 Å². The summed E-state index contributed by atoms with van der Waals surface area (Å²) < 4.78 is 30.2. The number of hydrogen-bond donors (Lipinski definition) is 1. The standard InChI is InChI=1S/C62H109N2O7P/c1-7-10-13-16-19-22-25-28-30-31-32-33-35-37-40-43-46-49-52-55-62(66)71-60(53-50-47-44-41-38-27-24-21-18-15-12-9-3)59(58-70-72(67,68)69-57-56-64(4,5)6)63-61(65)54-51-48-45-42-39-36-34-29-26-23-20-17-14-11-8-2/h10,13,19-20,22-23,26,28-30,32-33,37,40,50,53,59-60H,7-9,11-12,14-18,21,24-25,27,31,34-36,38-39,41-49,51-52,54-58H2,1-6H3,(H-,63,65,67,68)/b13-10-,22-19-,23-20+,29-26+,30-28-,33-32-,40-37-,53-50+. The van der Waals surface area contributed by atoms with Crippen molar-refractivity contribution >= 4 is 19.7 Å². The Morgan fingerprint density at radius 1 is 0.514 bits per heavy atom. The maximum absolute atomic E-state index is 13.5. The lowest BCUT2D eigenvalue weighted by molar-refractivity contribution is -0.870. The van der Waals surface area contributed by atoms with Crippen LogP contribution in [0.4, 0.5) is 0 Å². The van der Waals surface area contributed by atoms with Gasteiger partial charge < -0.3 is 28.5 Å². The number of carbonyl (C=O) groups is 2. The van der Waals surface area contributed by atoms with Crippen LogP contribution in [0.3, 0.4) is 0 Å². The van der Waals surface area contributed by atoms with Gasteiger partial charge in [0.15, 0.2) is 0 Å². The van der Waals surface area contributed by atoms with E-state index in [-0.39, 0.29) is 24.9 Å². The fourth-order valence-corrected chi connectivity index (χ4v) is 8.50. The van der Waals surface area contributed by atoms with Crippen molar-refractivity contribution < 1.29 is 37.3 Å². The van der Waals surface area contributed by atoms with Crippen LogP contribution in [0.1, 0.15) is 233 Å². The number of allylic oxidation sites excluding steroid dienone is 15. The monoisotopic (exact) mass is 1020 g/mol. The second-order valence-electron chi connectivity index (χ2n) is 20.4. The van der Waals surface area contributed by atoms with Gasteiger partial charge in [-0.15, -0.1) is 0 Å². The van der Waals surface area contributed by atoms with E-state index in [4.69, 9.17) is 13.8 Å². The summed E-state index contributed by atoms with van der Waals surface area (Å²) in [5.74, 6) is -0.598. The fourth-order valence-electron chi connectivity index (χ4n) is 7.77. The normalized spacial score (nSPS) is 14.5. The van der Waals surface area contributed by atoms with E-state index in [1.807, 2.05) is 33.3 Å². The third-order valence-electron chi connectivity index (χ3n) is 12.3. The van der Waals surface area contributed by atoms with Crippen LogP contribution in [-0.4, -0.2) is 69.4 Å². The maximum atomic E-state index is 13.5. The van der Waals surface area contributed by atoms with E-state index in [0.29, 0.717) is 23.9 Å². The molecule has 3 atom stereocenters. The molecule has 0 spiro atoms. The lowest BCUT2D eigenvalue weighted by Crippen LogP contribution is -2.47. The number of nitrogens with zero attached hydrogens (tertiary/aromatic N) is 1. The molecular formula is C62H109N2O7P. The van der Waals surface area contributed by atoms with Crippen LogP contribution in [-0.2, 0) is 27.9 Å². The number of nitrogens with one attached hydrogen (secondary N) is 1. The average Bonchev–Trinajstić information content (AvgIpc) is 3.34. The van der Waals surface area contributed by atoms with Crippen molar-refractivity contribution in [3.63, 3.8) is 0 Å². The molecule has 0 aliphatic heterocycles. The SMILES string of the molecule is CC/C=C\C/C=C\C/C=C\C/C=C\C/C=C\CCCCCC(=O)OC(/C=C/CCCCCCCCCCCC)C(COP(=O)([O-])OCC[N+](C)(C)C)NC(=O)CCCCCCCC/C=C/C=C/CCCCC. The molecule has 10 heteroatoms. The number of quaternary nitrogens is 1. The van der Waals surface area contributed by atoms with E-state index in [9.17, 15) is 19.0 Å². The predicted octanol–water partition coefficient (Wildman–Crippen LogP) is 17.0. The van der Waals surface area contributed by atoms with E-state index >= 15 is 0 Å². The Balaban J connectivity index is 5.42. The fraction of sp³-hybridized carbons (Fsp3) is 0.710. The van der Waals surface area contributed by atoms with Crippen LogP contribution in [0.25, 0.3) is 0 Å². The zero-order valence-corrected chi connectivity index (χ0v) is 48.0. The molecule has 0 heterocycles. The number of hydrogen-bond acceptors (Lipinski definition) is 7. The van der Waals surface area contributed by atoms with E-state index in [2.05, 4.69) is 111 Å². The maximum Gasteiger partial charge on any atom is 0.306 e. The minimum absolute atomic E-state index is 0.0349. The van der Waals surface area contributed by atoms with Crippen LogP contribution in [0.2, 0.25) is 0 Å². The van der Waals surface area contributed by atoms with Gasteiger partial charge in [-0.2, -0.15) is 0 Å². The van der Waals surface area contributed by atoms with E-state index in [1.54, 1.807) is 0 Å². The van der Waals surface area contributed by atoms with Gasteiger partial charge >= 0.3 is 5.97 Å². The first-order valence-electron chi connectivity index (χ1n) is 29.1. The Kier molecular flexibility index (Phi) is 49.2. The molecular weight excluding hydrogens is 916 g/mol. The van der Waals surface area contributed by atoms with Crippen molar-refractivity contribution in [3.8, 4) is 0 Å². The highest BCUT2D eigenvalue weighted by atomic mass is 31.2. The third kappa shape index (κ3) is 51.8. The molecule has 0 radical (unpaired) electrons. The molecule has 1 N–H and O–H groups in total. The topological polar surface area (TPSA) is 114 Å². The molecule has 0 aromatic rings. The summed E-state index contributed by atoms with van der Waals surface area (Å²) in [5.41, 5.74) is 0. The number of amides is 1. The van der Waals surface area contributed by atoms with Gasteiger partial charge in [0.05, 0.1) is 33.8 Å². The summed E-state index contributed by atoms with van der Waals surface area (Å²) in [5, 5.41) is 3.00. The van der Waals surface area contributed by atoms with Crippen molar-refractivity contribution in [2.24, 2.45) is 0 Å². The first-order valence-corrected chi connectivity index (χ1v) is 30.5. The summed E-state index contributed by atoms with van der Waals surface area (Å²) in [6.45, 7) is 6.65. The largest absolute Gasteiger partial charge is 0.756 e. The summed E-state index contributed by atoms with van der Waals surface area (Å²) in [7, 11) is 1.14. The zero-order valence-electron chi connectivity index (χ0n) is 47.1. The quantitative estimate of drug-likeness (QED) is 0.0161. The Morgan fingerprint density at radius 2 is 0.931 bits per heavy atom. The number of esters is 1. The molecule has 0 saturated carbocycles. The summed E-state index contributed by atoms with van der Waals surface area (Å²) in [4.78, 5) is 39.9. The molecule has 9 nitrogen and oxygen atoms in total. The van der Waals surface area contributed by atoms with Gasteiger partial charge in [-0.3, -0.25) is 14.2 Å². The number of rotatable bonds is 51. The second kappa shape index (κ2) is 51.4. The molecule has 0 aromatic heterocycles. The van der Waals surface area contributed by atoms with Crippen molar-refractivity contribution in [2.75, 3.05) is 40.9 Å². The molecule has 0 aromatic carbocycles. The minimum atomic E-state index is -4.71. The van der Waals surface area contributed by atoms with Gasteiger partial charge in [0.2, 0.25) is 5.91 Å². The number of unbranched alkanes of at least 4 members (excludes halogenated alkanes) is 22. The van der Waals surface area contributed by atoms with Crippen LogP contribution >= 0.6 is 7.82 Å².